The summed E-state index contributed by atoms with van der Waals surface area (Å²) in [4.78, 5) is 2.55. The van der Waals surface area contributed by atoms with Crippen LogP contribution in [0.2, 0.25) is 0 Å². The predicted molar refractivity (Wildman–Crippen MR) is 64.6 cm³/mol. The van der Waals surface area contributed by atoms with E-state index in [0.717, 1.165) is 12.5 Å². The van der Waals surface area contributed by atoms with E-state index in [1.165, 1.54) is 31.5 Å². The van der Waals surface area contributed by atoms with E-state index in [9.17, 15) is 0 Å². The molecule has 15 heavy (non-hydrogen) atoms. The van der Waals surface area contributed by atoms with Gasteiger partial charge in [0.25, 0.3) is 0 Å². The van der Waals surface area contributed by atoms with Gasteiger partial charge in [0.2, 0.25) is 0 Å². The van der Waals surface area contributed by atoms with E-state index in [0.29, 0.717) is 0 Å². The van der Waals surface area contributed by atoms with Crippen molar-refractivity contribution >= 4 is 0 Å². The van der Waals surface area contributed by atoms with E-state index < -0.39 is 0 Å². The predicted octanol–water partition coefficient (Wildman–Crippen LogP) is 3.08. The molecule has 0 aliphatic carbocycles. The number of rotatable bonds is 4. The van der Waals surface area contributed by atoms with E-state index in [2.05, 4.69) is 47.9 Å². The van der Waals surface area contributed by atoms with Gasteiger partial charge >= 0.3 is 0 Å². The maximum Gasteiger partial charge on any atom is 0.0233 e. The fourth-order valence-corrected chi connectivity index (χ4v) is 2.33. The van der Waals surface area contributed by atoms with Gasteiger partial charge < -0.3 is 0 Å². The molecule has 1 fully saturated rings. The van der Waals surface area contributed by atoms with E-state index in [4.69, 9.17) is 0 Å². The summed E-state index contributed by atoms with van der Waals surface area (Å²) in [6.45, 7) is 7.40. The van der Waals surface area contributed by atoms with Gasteiger partial charge in [0, 0.05) is 13.1 Å². The highest BCUT2D eigenvalue weighted by molar-refractivity contribution is 5.14. The van der Waals surface area contributed by atoms with Gasteiger partial charge in [0.1, 0.15) is 0 Å². The van der Waals surface area contributed by atoms with Crippen LogP contribution in [-0.4, -0.2) is 18.0 Å². The first-order valence-electron chi connectivity index (χ1n) is 5.75. The maximum atomic E-state index is 3.81. The number of hydrogen-bond donors (Lipinski definition) is 0. The first-order chi connectivity index (χ1) is 7.38. The quantitative estimate of drug-likeness (QED) is 0.677. The van der Waals surface area contributed by atoms with Gasteiger partial charge in [-0.15, -0.1) is 6.58 Å². The lowest BCUT2D eigenvalue weighted by molar-refractivity contribution is 0.317. The molecule has 1 heteroatoms. The second kappa shape index (κ2) is 5.13. The van der Waals surface area contributed by atoms with Crippen LogP contribution in [0.3, 0.4) is 0 Å². The van der Waals surface area contributed by atoms with Crippen molar-refractivity contribution in [2.24, 2.45) is 5.92 Å². The third kappa shape index (κ3) is 2.93. The monoisotopic (exact) mass is 201 g/mol. The van der Waals surface area contributed by atoms with E-state index in [-0.39, 0.29) is 0 Å². The first kappa shape index (κ1) is 10.4. The lowest BCUT2D eigenvalue weighted by atomic mass is 10.1. The molecule has 0 spiro atoms. The minimum absolute atomic E-state index is 0.839. The molecular formula is C14H19N. The molecule has 1 nitrogen and oxygen atoms in total. The van der Waals surface area contributed by atoms with Crippen LogP contribution in [0.15, 0.2) is 43.0 Å². The molecule has 0 unspecified atom stereocenters. The van der Waals surface area contributed by atoms with E-state index in [1.807, 2.05) is 0 Å². The van der Waals surface area contributed by atoms with Crippen LogP contribution in [0.25, 0.3) is 0 Å². The summed E-state index contributed by atoms with van der Waals surface area (Å²) in [6, 6.07) is 10.7. The molecule has 80 valence electrons. The van der Waals surface area contributed by atoms with Crippen molar-refractivity contribution in [3.05, 3.63) is 48.6 Å². The molecule has 1 aromatic carbocycles. The summed E-state index contributed by atoms with van der Waals surface area (Å²) in [5.41, 5.74) is 1.43. The topological polar surface area (TPSA) is 3.24 Å². The second-order valence-electron chi connectivity index (χ2n) is 4.40. The van der Waals surface area contributed by atoms with Gasteiger partial charge in [0.05, 0.1) is 0 Å². The van der Waals surface area contributed by atoms with Crippen LogP contribution in [0.4, 0.5) is 0 Å². The number of hydrogen-bond acceptors (Lipinski definition) is 1. The molecule has 1 atom stereocenters. The van der Waals surface area contributed by atoms with Crippen LogP contribution < -0.4 is 0 Å². The van der Waals surface area contributed by atoms with Gasteiger partial charge in [-0.25, -0.2) is 0 Å². The van der Waals surface area contributed by atoms with Crippen molar-refractivity contribution in [3.63, 3.8) is 0 Å². The molecule has 1 aromatic rings. The molecule has 1 aliphatic heterocycles. The second-order valence-corrected chi connectivity index (χ2v) is 4.40. The van der Waals surface area contributed by atoms with Gasteiger partial charge in [-0.2, -0.15) is 0 Å². The van der Waals surface area contributed by atoms with Crippen LogP contribution in [0.1, 0.15) is 18.4 Å². The molecule has 0 bridgehead atoms. The zero-order valence-corrected chi connectivity index (χ0v) is 9.23. The Hall–Kier alpha value is -1.08. The van der Waals surface area contributed by atoms with Crippen LogP contribution in [-0.2, 0) is 6.54 Å². The smallest absolute Gasteiger partial charge is 0.0233 e. The van der Waals surface area contributed by atoms with E-state index in [1.54, 1.807) is 0 Å². The molecule has 1 saturated heterocycles. The SMILES string of the molecule is C=CC[C@@H]1CCN(Cc2ccccc2)C1. The minimum Gasteiger partial charge on any atom is -0.299 e. The van der Waals surface area contributed by atoms with Crippen molar-refractivity contribution in [2.75, 3.05) is 13.1 Å². The lowest BCUT2D eigenvalue weighted by Gasteiger charge is -2.15. The number of benzene rings is 1. The molecule has 1 heterocycles. The summed E-state index contributed by atoms with van der Waals surface area (Å²) in [5, 5.41) is 0. The Bertz CT molecular complexity index is 304. The summed E-state index contributed by atoms with van der Waals surface area (Å²) < 4.78 is 0. The standard InChI is InChI=1S/C14H19N/c1-2-6-13-9-10-15(11-13)12-14-7-4-3-5-8-14/h2-5,7-8,13H,1,6,9-12H2/t13-/m1/s1. The summed E-state index contributed by atoms with van der Waals surface area (Å²) in [5.74, 6) is 0.839. The Morgan fingerprint density at radius 2 is 2.13 bits per heavy atom. The summed E-state index contributed by atoms with van der Waals surface area (Å²) in [7, 11) is 0. The molecule has 2 rings (SSSR count). The zero-order chi connectivity index (χ0) is 10.5. The lowest BCUT2D eigenvalue weighted by Crippen LogP contribution is -2.19. The Labute approximate surface area is 92.4 Å². The fourth-order valence-electron chi connectivity index (χ4n) is 2.33. The highest BCUT2D eigenvalue weighted by Crippen LogP contribution is 2.21. The molecule has 0 saturated carbocycles. The summed E-state index contributed by atoms with van der Waals surface area (Å²) in [6.07, 6.45) is 4.56. The van der Waals surface area contributed by atoms with Crippen LogP contribution >= 0.6 is 0 Å². The third-order valence-corrected chi connectivity index (χ3v) is 3.12. The van der Waals surface area contributed by atoms with E-state index >= 15 is 0 Å². The molecule has 1 aliphatic rings. The van der Waals surface area contributed by atoms with Crippen molar-refractivity contribution in [3.8, 4) is 0 Å². The van der Waals surface area contributed by atoms with Gasteiger partial charge in [-0.3, -0.25) is 4.90 Å². The largest absolute Gasteiger partial charge is 0.299 e. The van der Waals surface area contributed by atoms with Crippen molar-refractivity contribution in [1.82, 2.24) is 4.90 Å². The Morgan fingerprint density at radius 3 is 2.87 bits per heavy atom. The summed E-state index contributed by atoms with van der Waals surface area (Å²) >= 11 is 0. The average Bonchev–Trinajstić information content (AvgIpc) is 2.68. The van der Waals surface area contributed by atoms with Crippen molar-refractivity contribution in [1.29, 1.82) is 0 Å². The molecular weight excluding hydrogens is 182 g/mol. The van der Waals surface area contributed by atoms with Crippen molar-refractivity contribution in [2.45, 2.75) is 19.4 Å². The van der Waals surface area contributed by atoms with Crippen LogP contribution in [0, 0.1) is 5.92 Å². The van der Waals surface area contributed by atoms with Crippen LogP contribution in [0.5, 0.6) is 0 Å². The van der Waals surface area contributed by atoms with Gasteiger partial charge in [-0.05, 0) is 30.9 Å². The Morgan fingerprint density at radius 1 is 1.33 bits per heavy atom. The first-order valence-corrected chi connectivity index (χ1v) is 5.75. The zero-order valence-electron chi connectivity index (χ0n) is 9.23. The highest BCUT2D eigenvalue weighted by Gasteiger charge is 2.20. The number of allylic oxidation sites excluding steroid dienone is 1. The number of likely N-dealkylation sites (tertiary alicyclic amines) is 1. The third-order valence-electron chi connectivity index (χ3n) is 3.12. The maximum absolute atomic E-state index is 3.81. The average molecular weight is 201 g/mol. The fraction of sp³-hybridized carbons (Fsp3) is 0.429. The van der Waals surface area contributed by atoms with Gasteiger partial charge in [0.15, 0.2) is 0 Å². The molecule has 0 radical (unpaired) electrons. The minimum atomic E-state index is 0.839. The Kier molecular flexibility index (Phi) is 3.57. The Balaban J connectivity index is 1.85. The van der Waals surface area contributed by atoms with Gasteiger partial charge in [-0.1, -0.05) is 36.4 Å². The van der Waals surface area contributed by atoms with Crippen molar-refractivity contribution < 1.29 is 0 Å². The molecule has 0 amide bonds. The highest BCUT2D eigenvalue weighted by atomic mass is 15.1. The molecule has 0 aromatic heterocycles. The normalized spacial score (nSPS) is 21.7. The number of nitrogens with zero attached hydrogens (tertiary/aromatic N) is 1. The molecule has 0 N–H and O–H groups in total.